The Morgan fingerprint density at radius 2 is 2.10 bits per heavy atom. The smallest absolute Gasteiger partial charge is 0.309 e. The quantitative estimate of drug-likeness (QED) is 0.750. The number of carbonyl (C=O) groups excluding carboxylic acids is 1. The van der Waals surface area contributed by atoms with Crippen LogP contribution in [0.4, 0.5) is 0 Å². The first-order chi connectivity index (χ1) is 15.2. The van der Waals surface area contributed by atoms with Crippen molar-refractivity contribution < 1.29 is 14.3 Å². The number of likely N-dealkylation sites (tertiary alicyclic amines) is 1. The van der Waals surface area contributed by atoms with E-state index in [2.05, 4.69) is 33.0 Å². The number of ether oxygens (including phenoxy) is 2. The molecule has 4 aliphatic rings. The van der Waals surface area contributed by atoms with Gasteiger partial charge < -0.3 is 14.5 Å². The predicted molar refractivity (Wildman–Crippen MR) is 119 cm³/mol. The number of nitrogens with zero attached hydrogens (tertiary/aromatic N) is 2. The molecule has 0 unspecified atom stereocenters. The fourth-order valence-electron chi connectivity index (χ4n) is 6.26. The number of aromatic amines is 1. The Balaban J connectivity index is 1.38. The lowest BCUT2D eigenvalue weighted by molar-refractivity contribution is -0.148. The van der Waals surface area contributed by atoms with Crippen molar-refractivity contribution in [2.75, 3.05) is 46.5 Å². The Kier molecular flexibility index (Phi) is 5.04. The fourth-order valence-corrected chi connectivity index (χ4v) is 6.26. The van der Waals surface area contributed by atoms with Crippen molar-refractivity contribution >= 4 is 16.9 Å². The molecule has 2 aromatic rings. The monoisotopic (exact) mass is 423 g/mol. The number of aromatic nitrogens is 1. The number of benzene rings is 1. The zero-order valence-electron chi connectivity index (χ0n) is 18.4. The van der Waals surface area contributed by atoms with E-state index < -0.39 is 0 Å². The van der Waals surface area contributed by atoms with Gasteiger partial charge in [-0.2, -0.15) is 0 Å². The molecule has 0 amide bonds. The summed E-state index contributed by atoms with van der Waals surface area (Å²) in [6, 6.07) is 7.20. The van der Waals surface area contributed by atoms with E-state index >= 15 is 0 Å². The van der Waals surface area contributed by atoms with E-state index in [1.165, 1.54) is 47.7 Å². The van der Waals surface area contributed by atoms with Crippen LogP contribution in [0.15, 0.2) is 18.2 Å². The minimum atomic E-state index is -0.0423. The van der Waals surface area contributed by atoms with Gasteiger partial charge in [0.05, 0.1) is 26.2 Å². The van der Waals surface area contributed by atoms with Gasteiger partial charge in [0.2, 0.25) is 0 Å². The second kappa shape index (κ2) is 7.91. The van der Waals surface area contributed by atoms with Crippen molar-refractivity contribution in [2.45, 2.75) is 44.2 Å². The minimum absolute atomic E-state index is 0.0198. The number of nitrogens with one attached hydrogen (secondary N) is 1. The Bertz CT molecular complexity index is 976. The summed E-state index contributed by atoms with van der Waals surface area (Å²) < 4.78 is 10.7. The number of H-pyrrole nitrogens is 1. The second-order valence-corrected chi connectivity index (χ2v) is 9.97. The summed E-state index contributed by atoms with van der Waals surface area (Å²) >= 11 is 0. The standard InChI is InChI=1S/C25H33N3O3/c1-30-25(29)17-11-19-18-3-2-4-21-24(18)20(12-23(19)28(14-17)13-16-5-6-16)22(26-21)15-27-7-9-31-10-8-27/h2-4,16-17,19,23,26H,5-15H2,1H3/t17-,19-,23-/m1/s1. The average Bonchev–Trinajstić information content (AvgIpc) is 3.56. The van der Waals surface area contributed by atoms with Crippen molar-refractivity contribution in [1.29, 1.82) is 0 Å². The molecule has 0 bridgehead atoms. The van der Waals surface area contributed by atoms with Crippen molar-refractivity contribution in [2.24, 2.45) is 11.8 Å². The fraction of sp³-hybridized carbons (Fsp3) is 0.640. The van der Waals surface area contributed by atoms with Crippen molar-refractivity contribution in [3.05, 3.63) is 35.0 Å². The van der Waals surface area contributed by atoms with Crippen LogP contribution in [0.2, 0.25) is 0 Å². The second-order valence-electron chi connectivity index (χ2n) is 9.97. The molecule has 1 aromatic carbocycles. The highest BCUT2D eigenvalue weighted by molar-refractivity contribution is 5.90. The van der Waals surface area contributed by atoms with Crippen LogP contribution in [-0.2, 0) is 27.2 Å². The van der Waals surface area contributed by atoms with E-state index in [1.807, 2.05) is 0 Å². The summed E-state index contributed by atoms with van der Waals surface area (Å²) in [4.78, 5) is 21.5. The molecule has 6 nitrogen and oxygen atoms in total. The Morgan fingerprint density at radius 1 is 1.26 bits per heavy atom. The Morgan fingerprint density at radius 3 is 2.87 bits per heavy atom. The molecule has 2 aliphatic heterocycles. The summed E-state index contributed by atoms with van der Waals surface area (Å²) in [5.74, 6) is 1.15. The first kappa shape index (κ1) is 19.8. The molecule has 1 N–H and O–H groups in total. The molecule has 1 aromatic heterocycles. The maximum atomic E-state index is 12.5. The molecule has 1 saturated carbocycles. The number of esters is 1. The Labute approximate surface area is 183 Å². The lowest BCUT2D eigenvalue weighted by Crippen LogP contribution is -2.52. The Hall–Kier alpha value is -1.89. The van der Waals surface area contributed by atoms with Gasteiger partial charge in [0.15, 0.2) is 0 Å². The molecule has 6 heteroatoms. The van der Waals surface area contributed by atoms with Crippen LogP contribution in [-0.4, -0.2) is 73.3 Å². The van der Waals surface area contributed by atoms with Gasteiger partial charge in [-0.15, -0.1) is 0 Å². The molecule has 3 fully saturated rings. The molecule has 0 spiro atoms. The maximum Gasteiger partial charge on any atom is 0.309 e. The first-order valence-electron chi connectivity index (χ1n) is 12.0. The van der Waals surface area contributed by atoms with Crippen LogP contribution in [0.25, 0.3) is 10.9 Å². The first-order valence-corrected chi connectivity index (χ1v) is 12.0. The average molecular weight is 424 g/mol. The van der Waals surface area contributed by atoms with E-state index in [0.717, 1.165) is 64.7 Å². The van der Waals surface area contributed by atoms with Crippen molar-refractivity contribution in [1.82, 2.24) is 14.8 Å². The molecule has 3 atom stereocenters. The van der Waals surface area contributed by atoms with Crippen LogP contribution >= 0.6 is 0 Å². The van der Waals surface area contributed by atoms with Crippen LogP contribution in [0.5, 0.6) is 0 Å². The number of piperidine rings is 1. The third-order valence-electron chi connectivity index (χ3n) is 8.00. The van der Waals surface area contributed by atoms with Crippen LogP contribution in [0.1, 0.15) is 42.0 Å². The highest BCUT2D eigenvalue weighted by atomic mass is 16.5. The maximum absolute atomic E-state index is 12.5. The summed E-state index contributed by atoms with van der Waals surface area (Å²) in [5, 5.41) is 1.42. The zero-order valence-corrected chi connectivity index (χ0v) is 18.4. The molecule has 3 heterocycles. The highest BCUT2D eigenvalue weighted by Gasteiger charge is 2.45. The third-order valence-corrected chi connectivity index (χ3v) is 8.00. The largest absolute Gasteiger partial charge is 0.469 e. The van der Waals surface area contributed by atoms with Crippen LogP contribution in [0.3, 0.4) is 0 Å². The van der Waals surface area contributed by atoms with Crippen molar-refractivity contribution in [3.8, 4) is 0 Å². The van der Waals surface area contributed by atoms with Gasteiger partial charge in [-0.25, -0.2) is 0 Å². The van der Waals surface area contributed by atoms with Gasteiger partial charge in [-0.05, 0) is 48.8 Å². The molecule has 31 heavy (non-hydrogen) atoms. The van der Waals surface area contributed by atoms with Gasteiger partial charge in [0.25, 0.3) is 0 Å². The van der Waals surface area contributed by atoms with E-state index in [-0.39, 0.29) is 11.9 Å². The number of hydrogen-bond donors (Lipinski definition) is 1. The summed E-state index contributed by atoms with van der Waals surface area (Å²) in [6.07, 6.45) is 4.66. The predicted octanol–water partition coefficient (Wildman–Crippen LogP) is 2.91. The highest BCUT2D eigenvalue weighted by Crippen LogP contribution is 2.47. The third kappa shape index (κ3) is 3.59. The number of rotatable bonds is 5. The van der Waals surface area contributed by atoms with Gasteiger partial charge in [-0.1, -0.05) is 12.1 Å². The van der Waals surface area contributed by atoms with Gasteiger partial charge in [0.1, 0.15) is 0 Å². The number of hydrogen-bond acceptors (Lipinski definition) is 5. The topological polar surface area (TPSA) is 57.8 Å². The van der Waals surface area contributed by atoms with Crippen molar-refractivity contribution in [3.63, 3.8) is 0 Å². The van der Waals surface area contributed by atoms with Crippen LogP contribution in [0, 0.1) is 11.8 Å². The minimum Gasteiger partial charge on any atom is -0.469 e. The number of fused-ring (bicyclic) bond motifs is 2. The molecule has 2 saturated heterocycles. The zero-order chi connectivity index (χ0) is 20.9. The number of methoxy groups -OCH3 is 1. The molecule has 2 aliphatic carbocycles. The lowest BCUT2D eigenvalue weighted by Gasteiger charge is -2.46. The van der Waals surface area contributed by atoms with E-state index in [1.54, 1.807) is 0 Å². The van der Waals surface area contributed by atoms with Gasteiger partial charge in [-0.3, -0.25) is 14.6 Å². The summed E-state index contributed by atoms with van der Waals surface area (Å²) in [7, 11) is 1.53. The molecule has 6 rings (SSSR count). The summed E-state index contributed by atoms with van der Waals surface area (Å²) in [6.45, 7) is 6.61. The summed E-state index contributed by atoms with van der Waals surface area (Å²) in [5.41, 5.74) is 5.57. The SMILES string of the molecule is COC(=O)[C@@H]1C[C@@H]2c3cccc4[nH]c(CN5CCOCC5)c(c34)C[C@H]2N(CC2CC2)C1. The molecular formula is C25H33N3O3. The van der Waals surface area contributed by atoms with E-state index in [4.69, 9.17) is 9.47 Å². The van der Waals surface area contributed by atoms with E-state index in [9.17, 15) is 4.79 Å². The van der Waals surface area contributed by atoms with Gasteiger partial charge >= 0.3 is 5.97 Å². The van der Waals surface area contributed by atoms with Crippen LogP contribution < -0.4 is 0 Å². The number of carbonyl (C=O) groups is 1. The normalized spacial score (nSPS) is 29.1. The molecular weight excluding hydrogens is 390 g/mol. The lowest BCUT2D eigenvalue weighted by atomic mass is 9.71. The molecule has 166 valence electrons. The van der Waals surface area contributed by atoms with Gasteiger partial charge in [0, 0.05) is 61.3 Å². The van der Waals surface area contributed by atoms with E-state index in [0.29, 0.717) is 12.0 Å². The molecule has 0 radical (unpaired) electrons. The number of morpholine rings is 1.